The Labute approximate surface area is 145 Å². The first-order chi connectivity index (χ1) is 9.67. The molecule has 0 aliphatic carbocycles. The third kappa shape index (κ3) is 8.31. The van der Waals surface area contributed by atoms with Crippen molar-refractivity contribution in [3.05, 3.63) is 24.2 Å². The Morgan fingerprint density at radius 1 is 1.33 bits per heavy atom. The van der Waals surface area contributed by atoms with E-state index in [1.54, 1.807) is 13.3 Å². The van der Waals surface area contributed by atoms with Gasteiger partial charge in [-0.3, -0.25) is 9.89 Å². The number of nitrogens with one attached hydrogen (secondary N) is 2. The number of nitrogens with zero attached hydrogens (tertiary/aromatic N) is 2. The highest BCUT2D eigenvalue weighted by Gasteiger charge is 2.06. The first-order valence-corrected chi connectivity index (χ1v) is 7.38. The molecule has 0 unspecified atom stereocenters. The van der Waals surface area contributed by atoms with Crippen LogP contribution >= 0.6 is 24.0 Å². The van der Waals surface area contributed by atoms with Crippen LogP contribution < -0.4 is 10.6 Å². The lowest BCUT2D eigenvalue weighted by atomic mass is 10.3. The number of hydrogen-bond acceptors (Lipinski definition) is 3. The summed E-state index contributed by atoms with van der Waals surface area (Å²) in [5, 5.41) is 6.62. The van der Waals surface area contributed by atoms with Crippen molar-refractivity contribution in [2.45, 2.75) is 33.2 Å². The van der Waals surface area contributed by atoms with Crippen LogP contribution in [0.1, 0.15) is 26.5 Å². The van der Waals surface area contributed by atoms with E-state index < -0.39 is 0 Å². The predicted molar refractivity (Wildman–Crippen MR) is 99.6 cm³/mol. The van der Waals surface area contributed by atoms with Gasteiger partial charge in [-0.2, -0.15) is 0 Å². The Balaban J connectivity index is 0.00000400. The quantitative estimate of drug-likeness (QED) is 0.394. The van der Waals surface area contributed by atoms with Crippen molar-refractivity contribution in [2.75, 3.05) is 33.2 Å². The molecule has 1 heterocycles. The van der Waals surface area contributed by atoms with Crippen LogP contribution in [-0.2, 0) is 6.42 Å². The van der Waals surface area contributed by atoms with E-state index in [0.29, 0.717) is 6.04 Å². The molecule has 5 nitrogen and oxygen atoms in total. The molecule has 0 saturated carbocycles. The summed E-state index contributed by atoms with van der Waals surface area (Å²) in [4.78, 5) is 6.64. The zero-order valence-electron chi connectivity index (χ0n) is 13.6. The van der Waals surface area contributed by atoms with E-state index in [-0.39, 0.29) is 24.0 Å². The Morgan fingerprint density at radius 2 is 2.05 bits per heavy atom. The van der Waals surface area contributed by atoms with Crippen molar-refractivity contribution in [1.82, 2.24) is 15.5 Å². The highest BCUT2D eigenvalue weighted by atomic mass is 127. The average Bonchev–Trinajstić information content (AvgIpc) is 2.94. The first kappa shape index (κ1) is 20.2. The fraction of sp³-hybridized carbons (Fsp3) is 0.667. The van der Waals surface area contributed by atoms with E-state index in [1.165, 1.54) is 0 Å². The summed E-state index contributed by atoms with van der Waals surface area (Å²) < 4.78 is 5.30. The Bertz CT molecular complexity index is 379. The maximum Gasteiger partial charge on any atom is 0.191 e. The molecule has 0 spiro atoms. The average molecular weight is 408 g/mol. The minimum Gasteiger partial charge on any atom is -0.469 e. The maximum atomic E-state index is 5.30. The van der Waals surface area contributed by atoms with Gasteiger partial charge in [0.15, 0.2) is 5.96 Å². The summed E-state index contributed by atoms with van der Waals surface area (Å²) in [5.74, 6) is 1.83. The fourth-order valence-electron chi connectivity index (χ4n) is 2.08. The van der Waals surface area contributed by atoms with Gasteiger partial charge in [0.05, 0.1) is 6.26 Å². The molecule has 1 aromatic heterocycles. The van der Waals surface area contributed by atoms with E-state index in [2.05, 4.69) is 41.3 Å². The molecule has 0 radical (unpaired) electrons. The lowest BCUT2D eigenvalue weighted by Crippen LogP contribution is -2.43. The van der Waals surface area contributed by atoms with Crippen LogP contribution in [0.25, 0.3) is 0 Å². The zero-order chi connectivity index (χ0) is 14.8. The van der Waals surface area contributed by atoms with E-state index in [0.717, 1.165) is 44.3 Å². The summed E-state index contributed by atoms with van der Waals surface area (Å²) in [7, 11) is 1.79. The number of rotatable bonds is 8. The molecule has 0 saturated heterocycles. The zero-order valence-corrected chi connectivity index (χ0v) is 15.9. The molecular weight excluding hydrogens is 379 g/mol. The topological polar surface area (TPSA) is 52.8 Å². The molecule has 0 amide bonds. The van der Waals surface area contributed by atoms with Gasteiger partial charge in [-0.25, -0.2) is 0 Å². The van der Waals surface area contributed by atoms with Crippen molar-refractivity contribution >= 4 is 29.9 Å². The minimum absolute atomic E-state index is 0. The summed E-state index contributed by atoms with van der Waals surface area (Å²) >= 11 is 0. The first-order valence-electron chi connectivity index (χ1n) is 7.38. The Morgan fingerprint density at radius 3 is 2.57 bits per heavy atom. The second-order valence-electron chi connectivity index (χ2n) is 4.98. The number of likely N-dealkylation sites (N-methyl/N-ethyl adjacent to an activating group) is 1. The van der Waals surface area contributed by atoms with Crippen molar-refractivity contribution in [3.63, 3.8) is 0 Å². The van der Waals surface area contributed by atoms with Gasteiger partial charge in [-0.15, -0.1) is 24.0 Å². The number of halogens is 1. The normalized spacial score (nSPS) is 11.6. The van der Waals surface area contributed by atoms with Crippen LogP contribution in [0, 0.1) is 0 Å². The second kappa shape index (κ2) is 11.9. The number of furan rings is 1. The van der Waals surface area contributed by atoms with Crippen LogP contribution in [0.2, 0.25) is 0 Å². The molecule has 0 bridgehead atoms. The van der Waals surface area contributed by atoms with E-state index in [4.69, 9.17) is 4.42 Å². The lowest BCUT2D eigenvalue weighted by Gasteiger charge is -2.25. The van der Waals surface area contributed by atoms with Gasteiger partial charge < -0.3 is 15.1 Å². The lowest BCUT2D eigenvalue weighted by molar-refractivity contribution is 0.237. The SMILES string of the molecule is CCN(CCNC(=NC)NCCc1ccco1)C(C)C.I. The van der Waals surface area contributed by atoms with E-state index >= 15 is 0 Å². The van der Waals surface area contributed by atoms with Gasteiger partial charge in [0.2, 0.25) is 0 Å². The van der Waals surface area contributed by atoms with Crippen molar-refractivity contribution in [3.8, 4) is 0 Å². The van der Waals surface area contributed by atoms with Gasteiger partial charge in [-0.05, 0) is 32.5 Å². The molecule has 0 fully saturated rings. The van der Waals surface area contributed by atoms with Crippen LogP contribution in [0.3, 0.4) is 0 Å². The van der Waals surface area contributed by atoms with Crippen molar-refractivity contribution < 1.29 is 4.42 Å². The van der Waals surface area contributed by atoms with Crippen LogP contribution in [0.15, 0.2) is 27.8 Å². The molecule has 122 valence electrons. The number of hydrogen-bond donors (Lipinski definition) is 2. The molecule has 6 heteroatoms. The van der Waals surface area contributed by atoms with Gasteiger partial charge >= 0.3 is 0 Å². The third-order valence-electron chi connectivity index (χ3n) is 3.30. The number of guanidine groups is 1. The van der Waals surface area contributed by atoms with E-state index in [9.17, 15) is 0 Å². The molecule has 21 heavy (non-hydrogen) atoms. The molecule has 2 N–H and O–H groups in total. The van der Waals surface area contributed by atoms with E-state index in [1.807, 2.05) is 12.1 Å². The smallest absolute Gasteiger partial charge is 0.191 e. The standard InChI is InChI=1S/C15H28N4O.HI/c1-5-19(13(2)3)11-10-18-15(16-4)17-9-8-14-7-6-12-20-14;/h6-7,12-13H,5,8-11H2,1-4H3,(H2,16,17,18);1H. The van der Waals surface area contributed by atoms with Gasteiger partial charge in [0.1, 0.15) is 5.76 Å². The Hall–Kier alpha value is -0.760. The monoisotopic (exact) mass is 408 g/mol. The molecule has 1 rings (SSSR count). The highest BCUT2D eigenvalue weighted by molar-refractivity contribution is 14.0. The molecule has 0 aliphatic heterocycles. The van der Waals surface area contributed by atoms with Crippen molar-refractivity contribution in [2.24, 2.45) is 4.99 Å². The second-order valence-corrected chi connectivity index (χ2v) is 4.98. The summed E-state index contributed by atoms with van der Waals surface area (Å²) in [5.41, 5.74) is 0. The van der Waals surface area contributed by atoms with Gasteiger partial charge in [-0.1, -0.05) is 6.92 Å². The number of aliphatic imine (C=N–C) groups is 1. The molecular formula is C15H29IN4O. The molecule has 0 atom stereocenters. The summed E-state index contributed by atoms with van der Waals surface area (Å²) in [6.45, 7) is 10.4. The Kier molecular flexibility index (Phi) is 11.4. The third-order valence-corrected chi connectivity index (χ3v) is 3.30. The minimum atomic E-state index is 0. The predicted octanol–water partition coefficient (Wildman–Crippen LogP) is 2.34. The van der Waals surface area contributed by atoms with Gasteiger partial charge in [0, 0.05) is 39.1 Å². The molecule has 0 aliphatic rings. The largest absolute Gasteiger partial charge is 0.469 e. The van der Waals surface area contributed by atoms with Crippen molar-refractivity contribution in [1.29, 1.82) is 0 Å². The summed E-state index contributed by atoms with van der Waals surface area (Å²) in [6, 6.07) is 4.48. The molecule has 0 aromatic carbocycles. The van der Waals surface area contributed by atoms with Crippen LogP contribution in [-0.4, -0.2) is 50.1 Å². The maximum absolute atomic E-state index is 5.30. The molecule has 1 aromatic rings. The fourth-order valence-corrected chi connectivity index (χ4v) is 2.08. The highest BCUT2D eigenvalue weighted by Crippen LogP contribution is 1.99. The summed E-state index contributed by atoms with van der Waals surface area (Å²) in [6.07, 6.45) is 2.56. The van der Waals surface area contributed by atoms with Crippen LogP contribution in [0.4, 0.5) is 0 Å². The van der Waals surface area contributed by atoms with Crippen LogP contribution in [0.5, 0.6) is 0 Å². The van der Waals surface area contributed by atoms with Gasteiger partial charge in [0.25, 0.3) is 0 Å².